The van der Waals surface area contributed by atoms with Gasteiger partial charge in [0.1, 0.15) is 5.82 Å². The van der Waals surface area contributed by atoms with Crippen LogP contribution in [0.25, 0.3) is 0 Å². The molecule has 4 rings (SSSR count). The van der Waals surface area contributed by atoms with E-state index in [4.69, 9.17) is 14.7 Å². The highest BCUT2D eigenvalue weighted by Crippen LogP contribution is 2.28. The lowest BCUT2D eigenvalue weighted by Crippen LogP contribution is -2.39. The predicted octanol–water partition coefficient (Wildman–Crippen LogP) is 2.06. The summed E-state index contributed by atoms with van der Waals surface area (Å²) in [6.07, 6.45) is 2.74. The molecule has 27 heavy (non-hydrogen) atoms. The van der Waals surface area contributed by atoms with E-state index >= 15 is 0 Å². The quantitative estimate of drug-likeness (QED) is 0.660. The molecule has 1 saturated heterocycles. The summed E-state index contributed by atoms with van der Waals surface area (Å²) in [5.41, 5.74) is 7.65. The number of hydrogen-bond acceptors (Lipinski definition) is 7. The number of likely N-dealkylation sites (N-methyl/N-ethyl adjacent to an activating group) is 1. The smallest absolute Gasteiger partial charge is 0.245 e. The summed E-state index contributed by atoms with van der Waals surface area (Å²) in [5.74, 6) is 1.58. The van der Waals surface area contributed by atoms with Crippen molar-refractivity contribution in [3.63, 3.8) is 0 Å². The highest BCUT2D eigenvalue weighted by Gasteiger charge is 2.24. The number of nitrogens with one attached hydrogen (secondary N) is 1. The Morgan fingerprint density at radius 3 is 2.85 bits per heavy atom. The first-order valence-electron chi connectivity index (χ1n) is 9.46. The van der Waals surface area contributed by atoms with E-state index in [1.807, 2.05) is 12.1 Å². The van der Waals surface area contributed by atoms with Gasteiger partial charge in [-0.1, -0.05) is 29.8 Å². The Morgan fingerprint density at radius 2 is 2.04 bits per heavy atom. The number of hydrazone groups is 1. The van der Waals surface area contributed by atoms with E-state index < -0.39 is 0 Å². The van der Waals surface area contributed by atoms with Crippen LogP contribution in [0.5, 0.6) is 0 Å². The van der Waals surface area contributed by atoms with Gasteiger partial charge in [-0.2, -0.15) is 10.1 Å². The maximum absolute atomic E-state index is 5.51. The summed E-state index contributed by atoms with van der Waals surface area (Å²) in [5, 5.41) is 4.35. The van der Waals surface area contributed by atoms with Crippen LogP contribution in [0.3, 0.4) is 0 Å². The Morgan fingerprint density at radius 1 is 1.19 bits per heavy atom. The number of aromatic nitrogens is 2. The largest absolute Gasteiger partial charge is 0.378 e. The van der Waals surface area contributed by atoms with E-state index in [2.05, 4.69) is 46.4 Å². The number of nitrogens with zero attached hydrogens (tertiary/aromatic N) is 5. The molecule has 1 fully saturated rings. The molecule has 0 amide bonds. The molecule has 1 N–H and O–H groups in total. The highest BCUT2D eigenvalue weighted by atomic mass is 16.5. The van der Waals surface area contributed by atoms with Gasteiger partial charge < -0.3 is 14.5 Å². The molecule has 1 aromatic heterocycles. The van der Waals surface area contributed by atoms with E-state index in [1.54, 1.807) is 6.21 Å². The number of morpholine rings is 1. The average Bonchev–Trinajstić information content (AvgIpc) is 2.68. The van der Waals surface area contributed by atoms with E-state index in [0.29, 0.717) is 5.95 Å². The van der Waals surface area contributed by atoms with Gasteiger partial charge in [0.15, 0.2) is 0 Å². The van der Waals surface area contributed by atoms with Crippen LogP contribution in [0.2, 0.25) is 0 Å². The molecule has 0 spiro atoms. The van der Waals surface area contributed by atoms with Crippen LogP contribution in [0.1, 0.15) is 22.4 Å². The molecule has 142 valence electrons. The molecule has 0 aliphatic carbocycles. The molecule has 2 aliphatic rings. The van der Waals surface area contributed by atoms with Crippen molar-refractivity contribution in [1.82, 2.24) is 14.9 Å². The number of benzene rings is 1. The van der Waals surface area contributed by atoms with Crippen LogP contribution in [-0.4, -0.2) is 61.0 Å². The number of hydrogen-bond donors (Lipinski definition) is 1. The van der Waals surface area contributed by atoms with Gasteiger partial charge >= 0.3 is 0 Å². The van der Waals surface area contributed by atoms with E-state index in [1.165, 1.54) is 11.1 Å². The number of aryl methyl sites for hydroxylation is 1. The average molecular weight is 366 g/mol. The molecule has 2 aromatic rings. The number of rotatable bonds is 4. The fourth-order valence-corrected chi connectivity index (χ4v) is 3.53. The third-order valence-corrected chi connectivity index (χ3v) is 4.96. The normalized spacial score (nSPS) is 17.9. The molecule has 7 nitrogen and oxygen atoms in total. The van der Waals surface area contributed by atoms with Crippen LogP contribution in [0.15, 0.2) is 29.4 Å². The standard InChI is InChI=1S/C20H26N6O/c1-15-4-3-5-16(12-15)13-21-24-20-22-18-6-7-25(2)14-17(18)19(23-20)26-8-10-27-11-9-26/h3-5,12-13H,6-11,14H2,1-2H3,(H,22,23,24)/b21-13+. The summed E-state index contributed by atoms with van der Waals surface area (Å²) in [7, 11) is 2.14. The Labute approximate surface area is 160 Å². The van der Waals surface area contributed by atoms with Crippen LogP contribution in [0.4, 0.5) is 11.8 Å². The fourth-order valence-electron chi connectivity index (χ4n) is 3.53. The van der Waals surface area contributed by atoms with Crippen molar-refractivity contribution >= 4 is 18.0 Å². The first-order chi connectivity index (χ1) is 13.2. The lowest BCUT2D eigenvalue weighted by Gasteiger charge is -2.33. The number of ether oxygens (including phenoxy) is 1. The Bertz CT molecular complexity index is 831. The summed E-state index contributed by atoms with van der Waals surface area (Å²) >= 11 is 0. The summed E-state index contributed by atoms with van der Waals surface area (Å²) in [4.78, 5) is 14.2. The zero-order valence-corrected chi connectivity index (χ0v) is 16.0. The lowest BCUT2D eigenvalue weighted by molar-refractivity contribution is 0.122. The topological polar surface area (TPSA) is 65.9 Å². The van der Waals surface area contributed by atoms with Gasteiger partial charge in [-0.3, -0.25) is 0 Å². The predicted molar refractivity (Wildman–Crippen MR) is 107 cm³/mol. The van der Waals surface area contributed by atoms with Crippen molar-refractivity contribution in [1.29, 1.82) is 0 Å². The molecule has 0 unspecified atom stereocenters. The minimum absolute atomic E-state index is 0.559. The van der Waals surface area contributed by atoms with Gasteiger partial charge in [-0.05, 0) is 19.5 Å². The van der Waals surface area contributed by atoms with Crippen molar-refractivity contribution in [2.24, 2.45) is 5.10 Å². The zero-order valence-electron chi connectivity index (χ0n) is 16.0. The second kappa shape index (κ2) is 8.02. The summed E-state index contributed by atoms with van der Waals surface area (Å²) < 4.78 is 5.51. The molecule has 0 radical (unpaired) electrons. The van der Waals surface area contributed by atoms with Crippen molar-refractivity contribution < 1.29 is 4.74 Å². The summed E-state index contributed by atoms with van der Waals surface area (Å²) in [6, 6.07) is 8.22. The van der Waals surface area contributed by atoms with Gasteiger partial charge in [0.05, 0.1) is 25.1 Å². The minimum atomic E-state index is 0.559. The first-order valence-corrected chi connectivity index (χ1v) is 9.46. The van der Waals surface area contributed by atoms with Crippen molar-refractivity contribution in [2.45, 2.75) is 19.9 Å². The molecule has 2 aliphatic heterocycles. The fraction of sp³-hybridized carbons (Fsp3) is 0.450. The highest BCUT2D eigenvalue weighted by molar-refractivity contribution is 5.80. The molecule has 0 atom stereocenters. The van der Waals surface area contributed by atoms with Crippen LogP contribution < -0.4 is 10.3 Å². The maximum Gasteiger partial charge on any atom is 0.245 e. The molecule has 7 heteroatoms. The van der Waals surface area contributed by atoms with Gasteiger partial charge in [0.25, 0.3) is 0 Å². The van der Waals surface area contributed by atoms with E-state index in [9.17, 15) is 0 Å². The SMILES string of the molecule is Cc1cccc(/C=N/Nc2nc3c(c(N4CCOCC4)n2)CN(C)CC3)c1. The molecule has 3 heterocycles. The first kappa shape index (κ1) is 17.9. The molecular weight excluding hydrogens is 340 g/mol. The van der Waals surface area contributed by atoms with E-state index in [-0.39, 0.29) is 0 Å². The molecular formula is C20H26N6O. The van der Waals surface area contributed by atoms with Crippen molar-refractivity contribution in [3.8, 4) is 0 Å². The number of anilines is 2. The lowest BCUT2D eigenvalue weighted by atomic mass is 10.1. The third-order valence-electron chi connectivity index (χ3n) is 4.96. The second-order valence-corrected chi connectivity index (χ2v) is 7.17. The Kier molecular flexibility index (Phi) is 5.31. The molecule has 0 bridgehead atoms. The van der Waals surface area contributed by atoms with Gasteiger partial charge in [-0.25, -0.2) is 10.4 Å². The number of fused-ring (bicyclic) bond motifs is 1. The molecule has 1 aromatic carbocycles. The van der Waals surface area contributed by atoms with Crippen LogP contribution in [0, 0.1) is 6.92 Å². The molecule has 0 saturated carbocycles. The Hall–Kier alpha value is -2.51. The van der Waals surface area contributed by atoms with Gasteiger partial charge in [0, 0.05) is 38.2 Å². The van der Waals surface area contributed by atoms with Crippen LogP contribution in [-0.2, 0) is 17.7 Å². The zero-order chi connectivity index (χ0) is 18.6. The monoisotopic (exact) mass is 366 g/mol. The Balaban J connectivity index is 1.59. The van der Waals surface area contributed by atoms with Crippen molar-refractivity contribution in [2.75, 3.05) is 50.2 Å². The minimum Gasteiger partial charge on any atom is -0.378 e. The van der Waals surface area contributed by atoms with Crippen molar-refractivity contribution in [3.05, 3.63) is 46.6 Å². The van der Waals surface area contributed by atoms with Gasteiger partial charge in [-0.15, -0.1) is 0 Å². The van der Waals surface area contributed by atoms with Gasteiger partial charge in [0.2, 0.25) is 5.95 Å². The summed E-state index contributed by atoms with van der Waals surface area (Å²) in [6.45, 7) is 7.17. The second-order valence-electron chi connectivity index (χ2n) is 7.17. The maximum atomic E-state index is 5.51. The van der Waals surface area contributed by atoms with Crippen LogP contribution >= 0.6 is 0 Å². The third kappa shape index (κ3) is 4.26. The van der Waals surface area contributed by atoms with E-state index in [0.717, 1.165) is 62.9 Å².